The van der Waals surface area contributed by atoms with Gasteiger partial charge in [-0.3, -0.25) is 9.69 Å². The molecule has 1 amide bonds. The summed E-state index contributed by atoms with van der Waals surface area (Å²) in [6.07, 6.45) is 1.41. The number of hydrogen-bond donors (Lipinski definition) is 1. The van der Waals surface area contributed by atoms with Gasteiger partial charge in [-0.2, -0.15) is 0 Å². The number of amides is 1. The van der Waals surface area contributed by atoms with E-state index in [1.165, 1.54) is 11.1 Å². The van der Waals surface area contributed by atoms with Crippen molar-refractivity contribution in [2.24, 2.45) is 0 Å². The summed E-state index contributed by atoms with van der Waals surface area (Å²) in [4.78, 5) is 15.8. The van der Waals surface area contributed by atoms with Crippen LogP contribution >= 0.6 is 0 Å². The zero-order chi connectivity index (χ0) is 17.4. The van der Waals surface area contributed by atoms with Crippen molar-refractivity contribution < 1.29 is 9.90 Å². The molecule has 130 valence electrons. The van der Waals surface area contributed by atoms with E-state index in [4.69, 9.17) is 0 Å². The molecular weight excluding hydrogens is 312 g/mol. The number of carbonyl (C=O) groups excluding carboxylic acids is 1. The first kappa shape index (κ1) is 16.3. The van der Waals surface area contributed by atoms with Crippen LogP contribution in [-0.2, 0) is 24.2 Å². The van der Waals surface area contributed by atoms with E-state index in [2.05, 4.69) is 35.2 Å². The van der Waals surface area contributed by atoms with Crippen LogP contribution in [0.3, 0.4) is 0 Å². The monoisotopic (exact) mass is 336 g/mol. The second kappa shape index (κ2) is 6.62. The van der Waals surface area contributed by atoms with E-state index in [0.29, 0.717) is 6.54 Å². The molecule has 0 saturated carbocycles. The second-order valence-corrected chi connectivity index (χ2v) is 7.08. The van der Waals surface area contributed by atoms with Gasteiger partial charge in [0.15, 0.2) is 0 Å². The molecule has 2 aromatic carbocycles. The summed E-state index contributed by atoms with van der Waals surface area (Å²) in [5.74, 6) is 0.0824. The largest absolute Gasteiger partial charge is 0.387 e. The molecule has 2 heterocycles. The van der Waals surface area contributed by atoms with Crippen molar-refractivity contribution in [1.82, 2.24) is 4.90 Å². The lowest BCUT2D eigenvalue weighted by atomic mass is 9.98. The van der Waals surface area contributed by atoms with Crippen molar-refractivity contribution in [3.05, 3.63) is 64.7 Å². The number of rotatable bonds is 3. The predicted molar refractivity (Wildman–Crippen MR) is 98.6 cm³/mol. The van der Waals surface area contributed by atoms with Crippen LogP contribution in [-0.4, -0.2) is 35.5 Å². The Morgan fingerprint density at radius 1 is 1.08 bits per heavy atom. The van der Waals surface area contributed by atoms with Crippen LogP contribution < -0.4 is 4.90 Å². The Kier molecular flexibility index (Phi) is 4.32. The Morgan fingerprint density at radius 2 is 1.84 bits per heavy atom. The van der Waals surface area contributed by atoms with Crippen molar-refractivity contribution in [1.29, 1.82) is 0 Å². The normalized spacial score (nSPS) is 17.9. The maximum Gasteiger partial charge on any atom is 0.223 e. The number of anilines is 1. The highest BCUT2D eigenvalue weighted by Crippen LogP contribution is 2.31. The van der Waals surface area contributed by atoms with E-state index >= 15 is 0 Å². The fourth-order valence-corrected chi connectivity index (χ4v) is 4.02. The average Bonchev–Trinajstić information content (AvgIpc) is 3.05. The van der Waals surface area contributed by atoms with Crippen molar-refractivity contribution in [3.63, 3.8) is 0 Å². The molecule has 1 unspecified atom stereocenters. The van der Waals surface area contributed by atoms with Gasteiger partial charge in [-0.05, 0) is 41.2 Å². The summed E-state index contributed by atoms with van der Waals surface area (Å²) < 4.78 is 0. The topological polar surface area (TPSA) is 43.8 Å². The Bertz CT molecular complexity index is 802. The van der Waals surface area contributed by atoms with Gasteiger partial charge >= 0.3 is 0 Å². The lowest BCUT2D eigenvalue weighted by molar-refractivity contribution is -0.116. The Labute approximate surface area is 148 Å². The first-order valence-electron chi connectivity index (χ1n) is 9.00. The summed E-state index contributed by atoms with van der Waals surface area (Å²) in [5.41, 5.74) is 5.90. The van der Waals surface area contributed by atoms with Gasteiger partial charge in [-0.25, -0.2) is 0 Å². The highest BCUT2D eigenvalue weighted by molar-refractivity contribution is 5.93. The van der Waals surface area contributed by atoms with Gasteiger partial charge in [0.1, 0.15) is 0 Å². The van der Waals surface area contributed by atoms with E-state index < -0.39 is 6.10 Å². The summed E-state index contributed by atoms with van der Waals surface area (Å²) in [6, 6.07) is 14.6. The molecule has 0 aliphatic carbocycles. The van der Waals surface area contributed by atoms with Gasteiger partial charge in [-0.15, -0.1) is 0 Å². The number of aliphatic hydroxyl groups excluding tert-OH is 1. The van der Waals surface area contributed by atoms with Crippen LogP contribution in [0.4, 0.5) is 5.69 Å². The maximum atomic E-state index is 11.7. The predicted octanol–water partition coefficient (Wildman–Crippen LogP) is 2.69. The van der Waals surface area contributed by atoms with Crippen LogP contribution in [0.25, 0.3) is 0 Å². The minimum Gasteiger partial charge on any atom is -0.387 e. The summed E-state index contributed by atoms with van der Waals surface area (Å²) in [6.45, 7) is 4.87. The molecule has 0 saturated heterocycles. The Morgan fingerprint density at radius 3 is 2.64 bits per heavy atom. The molecule has 0 spiro atoms. The van der Waals surface area contributed by atoms with Crippen LogP contribution in [0, 0.1) is 0 Å². The van der Waals surface area contributed by atoms with Crippen LogP contribution in [0.15, 0.2) is 42.5 Å². The molecule has 25 heavy (non-hydrogen) atoms. The number of nitrogens with zero attached hydrogens (tertiary/aromatic N) is 2. The molecule has 0 bridgehead atoms. The van der Waals surface area contributed by atoms with E-state index in [1.54, 1.807) is 6.92 Å². The molecular formula is C21H24N2O2. The highest BCUT2D eigenvalue weighted by Gasteiger charge is 2.24. The smallest absolute Gasteiger partial charge is 0.223 e. The average molecular weight is 336 g/mol. The number of hydrogen-bond acceptors (Lipinski definition) is 3. The molecule has 1 atom stereocenters. The van der Waals surface area contributed by atoms with Gasteiger partial charge < -0.3 is 10.0 Å². The van der Waals surface area contributed by atoms with Gasteiger partial charge in [0.25, 0.3) is 0 Å². The molecule has 4 nitrogen and oxygen atoms in total. The third-order valence-electron chi connectivity index (χ3n) is 5.40. The number of β-amino-alcohol motifs (C(OH)–C–C–N with tert-alkyl or cyclic N) is 1. The molecule has 2 aliphatic heterocycles. The van der Waals surface area contributed by atoms with Gasteiger partial charge in [-0.1, -0.05) is 36.4 Å². The summed E-state index contributed by atoms with van der Waals surface area (Å²) >= 11 is 0. The summed E-state index contributed by atoms with van der Waals surface area (Å²) in [5, 5.41) is 10.7. The Hall–Kier alpha value is -2.17. The molecule has 2 aromatic rings. The second-order valence-electron chi connectivity index (χ2n) is 7.08. The first-order chi connectivity index (χ1) is 12.1. The lowest BCUT2D eigenvalue weighted by Gasteiger charge is -2.30. The molecule has 0 radical (unpaired) electrons. The lowest BCUT2D eigenvalue weighted by Crippen LogP contribution is -2.34. The van der Waals surface area contributed by atoms with E-state index in [0.717, 1.165) is 49.3 Å². The van der Waals surface area contributed by atoms with Crippen molar-refractivity contribution in [3.8, 4) is 0 Å². The van der Waals surface area contributed by atoms with Crippen molar-refractivity contribution in [2.75, 3.05) is 24.5 Å². The van der Waals surface area contributed by atoms with E-state index in [9.17, 15) is 9.90 Å². The minimum atomic E-state index is -0.498. The third-order valence-corrected chi connectivity index (χ3v) is 5.40. The number of carbonyl (C=O) groups is 1. The Balaban J connectivity index is 1.46. The van der Waals surface area contributed by atoms with Gasteiger partial charge in [0.2, 0.25) is 5.91 Å². The van der Waals surface area contributed by atoms with Gasteiger partial charge in [0, 0.05) is 38.8 Å². The zero-order valence-electron chi connectivity index (χ0n) is 14.6. The number of aliphatic hydroxyl groups is 1. The van der Waals surface area contributed by atoms with Gasteiger partial charge in [0.05, 0.1) is 6.10 Å². The summed E-state index contributed by atoms with van der Waals surface area (Å²) in [7, 11) is 0. The fourth-order valence-electron chi connectivity index (χ4n) is 4.02. The number of benzene rings is 2. The zero-order valence-corrected chi connectivity index (χ0v) is 14.6. The fraction of sp³-hybridized carbons (Fsp3) is 0.381. The molecule has 0 fully saturated rings. The quantitative estimate of drug-likeness (QED) is 0.937. The van der Waals surface area contributed by atoms with E-state index in [1.807, 2.05) is 17.0 Å². The molecule has 4 rings (SSSR count). The van der Waals surface area contributed by atoms with Crippen LogP contribution in [0.1, 0.15) is 35.3 Å². The van der Waals surface area contributed by atoms with Crippen LogP contribution in [0.5, 0.6) is 0 Å². The van der Waals surface area contributed by atoms with Crippen molar-refractivity contribution in [2.45, 2.75) is 32.4 Å². The highest BCUT2D eigenvalue weighted by atomic mass is 16.3. The molecule has 1 N–H and O–H groups in total. The maximum absolute atomic E-state index is 11.7. The third kappa shape index (κ3) is 3.20. The number of fused-ring (bicyclic) bond motifs is 2. The SMILES string of the molecule is CC(=O)N1CCc2cc(C(O)CN3CCc4ccccc4C3)ccc21. The molecule has 2 aliphatic rings. The molecule has 0 aromatic heterocycles. The van der Waals surface area contributed by atoms with Crippen molar-refractivity contribution >= 4 is 11.6 Å². The molecule has 4 heteroatoms. The standard InChI is InChI=1S/C21H24N2O2/c1-15(24)23-11-9-17-12-18(6-7-20(17)23)21(25)14-22-10-8-16-4-2-3-5-19(16)13-22/h2-7,12,21,25H,8-11,13-14H2,1H3. The van der Waals surface area contributed by atoms with E-state index in [-0.39, 0.29) is 5.91 Å². The van der Waals surface area contributed by atoms with Crippen LogP contribution in [0.2, 0.25) is 0 Å². The first-order valence-corrected chi connectivity index (χ1v) is 9.00. The minimum absolute atomic E-state index is 0.0824.